The predicted molar refractivity (Wildman–Crippen MR) is 77.2 cm³/mol. The number of sulfonamides is 1. The van der Waals surface area contributed by atoms with Crippen molar-refractivity contribution in [3.05, 3.63) is 41.7 Å². The Labute approximate surface area is 119 Å². The van der Waals surface area contributed by atoms with Gasteiger partial charge in [0.1, 0.15) is 5.76 Å². The van der Waals surface area contributed by atoms with Crippen LogP contribution in [0, 0.1) is 6.92 Å². The summed E-state index contributed by atoms with van der Waals surface area (Å²) < 4.78 is 31.6. The van der Waals surface area contributed by atoms with Crippen LogP contribution in [-0.4, -0.2) is 13.6 Å². The number of hydrogen-bond acceptors (Lipinski definition) is 4. The fraction of sp³-hybridized carbons (Fsp3) is 0.357. The number of aromatic nitrogens is 1. The van der Waals surface area contributed by atoms with Crippen LogP contribution in [0.1, 0.15) is 32.1 Å². The van der Waals surface area contributed by atoms with Crippen LogP contribution < -0.4 is 4.72 Å². The predicted octanol–water partition coefficient (Wildman–Crippen LogP) is 3.08. The number of hydrogen-bond donors (Lipinski definition) is 1. The zero-order valence-corrected chi connectivity index (χ0v) is 12.8. The fourth-order valence-electron chi connectivity index (χ4n) is 1.75. The molecule has 108 valence electrons. The molecule has 0 saturated carbocycles. The summed E-state index contributed by atoms with van der Waals surface area (Å²) in [5, 5.41) is 3.62. The molecule has 1 heterocycles. The van der Waals surface area contributed by atoms with Gasteiger partial charge >= 0.3 is 0 Å². The fourth-order valence-corrected chi connectivity index (χ4v) is 2.73. The second-order valence-corrected chi connectivity index (χ2v) is 7.39. The molecule has 0 spiro atoms. The van der Waals surface area contributed by atoms with Crippen molar-refractivity contribution in [2.24, 2.45) is 0 Å². The minimum atomic E-state index is -3.63. The molecular weight excluding hydrogens is 276 g/mol. The number of rotatable bonds is 3. The van der Waals surface area contributed by atoms with Crippen LogP contribution in [0.3, 0.4) is 0 Å². The zero-order valence-electron chi connectivity index (χ0n) is 12.0. The molecule has 6 heteroatoms. The van der Waals surface area contributed by atoms with Crippen LogP contribution in [0.15, 0.2) is 39.8 Å². The van der Waals surface area contributed by atoms with Crippen LogP contribution in [0.5, 0.6) is 0 Å². The first-order valence-corrected chi connectivity index (χ1v) is 7.73. The highest BCUT2D eigenvalue weighted by atomic mass is 32.2. The van der Waals surface area contributed by atoms with E-state index in [0.717, 1.165) is 5.56 Å². The molecule has 2 aromatic rings. The Morgan fingerprint density at radius 3 is 2.20 bits per heavy atom. The molecule has 1 aromatic carbocycles. The lowest BCUT2D eigenvalue weighted by Gasteiger charge is -2.19. The maximum Gasteiger partial charge on any atom is 0.263 e. The lowest BCUT2D eigenvalue weighted by Crippen LogP contribution is -2.15. The lowest BCUT2D eigenvalue weighted by molar-refractivity contribution is 0.400. The van der Waals surface area contributed by atoms with Gasteiger partial charge in [0.05, 0.1) is 4.90 Å². The normalized spacial score (nSPS) is 12.4. The number of nitrogens with one attached hydrogen (secondary N) is 1. The van der Waals surface area contributed by atoms with Crippen molar-refractivity contribution in [3.8, 4) is 0 Å². The summed E-state index contributed by atoms with van der Waals surface area (Å²) in [5.74, 6) is 0.730. The highest BCUT2D eigenvalue weighted by molar-refractivity contribution is 7.92. The summed E-state index contributed by atoms with van der Waals surface area (Å²) in [6.07, 6.45) is 0. The summed E-state index contributed by atoms with van der Waals surface area (Å²) in [5.41, 5.74) is 1.06. The molecule has 0 unspecified atom stereocenters. The number of aryl methyl sites for hydroxylation is 1. The highest BCUT2D eigenvalue weighted by Crippen LogP contribution is 2.24. The molecule has 2 rings (SSSR count). The molecule has 5 nitrogen and oxygen atoms in total. The first-order chi connectivity index (χ1) is 9.18. The SMILES string of the molecule is Cc1cc(NS(=O)(=O)c2ccc(C(C)(C)C)cc2)no1. The molecule has 0 saturated heterocycles. The molecule has 0 amide bonds. The maximum absolute atomic E-state index is 12.2. The van der Waals surface area contributed by atoms with Gasteiger partial charge in [0.25, 0.3) is 10.0 Å². The van der Waals surface area contributed by atoms with Crippen molar-refractivity contribution in [2.45, 2.75) is 38.0 Å². The smallest absolute Gasteiger partial charge is 0.263 e. The zero-order chi connectivity index (χ0) is 15.0. The minimum absolute atomic E-state index is 0.0149. The Hall–Kier alpha value is -1.82. The van der Waals surface area contributed by atoms with Gasteiger partial charge in [0, 0.05) is 6.07 Å². The number of benzene rings is 1. The van der Waals surface area contributed by atoms with Crippen LogP contribution in [0.25, 0.3) is 0 Å². The second kappa shape index (κ2) is 4.94. The number of nitrogens with zero attached hydrogens (tertiary/aromatic N) is 1. The van der Waals surface area contributed by atoms with Gasteiger partial charge in [-0.05, 0) is 30.0 Å². The van der Waals surface area contributed by atoms with Gasteiger partial charge in [0.15, 0.2) is 5.82 Å². The van der Waals surface area contributed by atoms with Gasteiger partial charge in [-0.2, -0.15) is 0 Å². The largest absolute Gasteiger partial charge is 0.360 e. The summed E-state index contributed by atoms with van der Waals surface area (Å²) in [7, 11) is -3.63. The Bertz CT molecular complexity index is 695. The van der Waals surface area contributed by atoms with Crippen molar-refractivity contribution in [2.75, 3.05) is 4.72 Å². The molecule has 0 aliphatic carbocycles. The van der Waals surface area contributed by atoms with E-state index < -0.39 is 10.0 Å². The van der Waals surface area contributed by atoms with Crippen molar-refractivity contribution < 1.29 is 12.9 Å². The molecule has 0 aliphatic rings. The van der Waals surface area contributed by atoms with E-state index in [0.29, 0.717) is 5.76 Å². The molecule has 0 atom stereocenters. The molecule has 1 aromatic heterocycles. The minimum Gasteiger partial charge on any atom is -0.360 e. The standard InChI is InChI=1S/C14H18N2O3S/c1-10-9-13(15-19-10)16-20(17,18)12-7-5-11(6-8-12)14(2,3)4/h5-9H,1-4H3,(H,15,16). The van der Waals surface area contributed by atoms with Gasteiger partial charge in [-0.3, -0.25) is 4.72 Å². The van der Waals surface area contributed by atoms with E-state index in [9.17, 15) is 8.42 Å². The molecule has 0 fully saturated rings. The Kier molecular flexibility index (Phi) is 3.60. The van der Waals surface area contributed by atoms with Crippen molar-refractivity contribution >= 4 is 15.8 Å². The molecular formula is C14H18N2O3S. The van der Waals surface area contributed by atoms with Crippen LogP contribution in [-0.2, 0) is 15.4 Å². The molecule has 0 bridgehead atoms. The topological polar surface area (TPSA) is 72.2 Å². The number of anilines is 1. The third-order valence-electron chi connectivity index (χ3n) is 2.90. The van der Waals surface area contributed by atoms with E-state index in [4.69, 9.17) is 4.52 Å². The van der Waals surface area contributed by atoms with Gasteiger partial charge in [-0.25, -0.2) is 8.42 Å². The van der Waals surface area contributed by atoms with E-state index in [1.807, 2.05) is 12.1 Å². The maximum atomic E-state index is 12.2. The van der Waals surface area contributed by atoms with Crippen molar-refractivity contribution in [3.63, 3.8) is 0 Å². The van der Waals surface area contributed by atoms with E-state index in [2.05, 4.69) is 30.6 Å². The Morgan fingerprint density at radius 2 is 1.75 bits per heavy atom. The Balaban J connectivity index is 2.26. The average molecular weight is 294 g/mol. The quantitative estimate of drug-likeness (QED) is 0.944. The van der Waals surface area contributed by atoms with Crippen molar-refractivity contribution in [1.29, 1.82) is 0 Å². The molecule has 1 N–H and O–H groups in total. The lowest BCUT2D eigenvalue weighted by atomic mass is 9.87. The summed E-state index contributed by atoms with van der Waals surface area (Å²) >= 11 is 0. The Morgan fingerprint density at radius 1 is 1.15 bits per heavy atom. The van der Waals surface area contributed by atoms with Gasteiger partial charge < -0.3 is 4.52 Å². The van der Waals surface area contributed by atoms with E-state index in [-0.39, 0.29) is 16.1 Å². The van der Waals surface area contributed by atoms with Crippen molar-refractivity contribution in [1.82, 2.24) is 5.16 Å². The second-order valence-electron chi connectivity index (χ2n) is 5.70. The third kappa shape index (κ3) is 3.19. The molecule has 0 aliphatic heterocycles. The average Bonchev–Trinajstić information content (AvgIpc) is 2.73. The molecule has 20 heavy (non-hydrogen) atoms. The van der Waals surface area contributed by atoms with Gasteiger partial charge in [-0.15, -0.1) is 0 Å². The van der Waals surface area contributed by atoms with Gasteiger partial charge in [0.2, 0.25) is 0 Å². The third-order valence-corrected chi connectivity index (χ3v) is 4.27. The van der Waals surface area contributed by atoms with Crippen LogP contribution >= 0.6 is 0 Å². The van der Waals surface area contributed by atoms with E-state index in [1.165, 1.54) is 6.07 Å². The van der Waals surface area contributed by atoms with Crippen LogP contribution in [0.2, 0.25) is 0 Å². The summed E-state index contributed by atoms with van der Waals surface area (Å²) in [6.45, 7) is 7.93. The highest BCUT2D eigenvalue weighted by Gasteiger charge is 2.18. The summed E-state index contributed by atoms with van der Waals surface area (Å²) in [4.78, 5) is 0.200. The van der Waals surface area contributed by atoms with Gasteiger partial charge in [-0.1, -0.05) is 38.1 Å². The first-order valence-electron chi connectivity index (χ1n) is 6.25. The summed E-state index contributed by atoms with van der Waals surface area (Å²) in [6, 6.07) is 8.36. The van der Waals surface area contributed by atoms with Crippen LogP contribution in [0.4, 0.5) is 5.82 Å². The first kappa shape index (κ1) is 14.6. The van der Waals surface area contributed by atoms with E-state index >= 15 is 0 Å². The molecule has 0 radical (unpaired) electrons. The van der Waals surface area contributed by atoms with E-state index in [1.54, 1.807) is 19.1 Å². The monoisotopic (exact) mass is 294 g/mol.